The van der Waals surface area contributed by atoms with Crippen molar-refractivity contribution < 1.29 is 14.3 Å². The highest BCUT2D eigenvalue weighted by Crippen LogP contribution is 2.28. The van der Waals surface area contributed by atoms with E-state index in [2.05, 4.69) is 45.9 Å². The number of halogens is 1. The van der Waals surface area contributed by atoms with E-state index in [1.165, 1.54) is 37.7 Å². The molecule has 1 aromatic rings. The second kappa shape index (κ2) is 16.8. The van der Waals surface area contributed by atoms with E-state index >= 15 is 0 Å². The summed E-state index contributed by atoms with van der Waals surface area (Å²) in [5.41, 5.74) is 1.35. The number of hydrogen-bond acceptors (Lipinski definition) is 6. The molecule has 224 valence electrons. The smallest absolute Gasteiger partial charge is 0.411 e. The van der Waals surface area contributed by atoms with Gasteiger partial charge in [-0.25, -0.2) is 4.79 Å². The quantitative estimate of drug-likeness (QED) is 0.327. The molecule has 1 aromatic carbocycles. The standard InChI is InChI=1S/C30H46N4O3S2.ClH/c1-22(2)37-30(36)34-21-39-20-27(34)28(35)32-26(14-13-23-9-5-3-6-10-23)29(38)31-25-15-17-33(18-16-25)19-24-11-7-4-8-12-24;/h4,7-8,11-12,22-23,25-27H,3,5-6,9-10,13-21H2,1-2H3,(H,31,38)(H,32,35);1H/t26-,27+;/m1./s1. The summed E-state index contributed by atoms with van der Waals surface area (Å²) in [6.45, 7) is 6.69. The first kappa shape index (κ1) is 33.0. The average molecular weight is 611 g/mol. The number of nitrogens with one attached hydrogen (secondary N) is 2. The zero-order valence-corrected chi connectivity index (χ0v) is 26.5. The van der Waals surface area contributed by atoms with Gasteiger partial charge < -0.3 is 15.4 Å². The monoisotopic (exact) mass is 610 g/mol. The molecule has 4 rings (SSSR count). The Balaban J connectivity index is 0.00000441. The van der Waals surface area contributed by atoms with Crippen LogP contribution >= 0.6 is 36.4 Å². The van der Waals surface area contributed by atoms with Crippen LogP contribution in [0.5, 0.6) is 0 Å². The minimum absolute atomic E-state index is 0. The molecular formula is C30H47ClN4O3S2. The van der Waals surface area contributed by atoms with Gasteiger partial charge in [-0.3, -0.25) is 14.6 Å². The van der Waals surface area contributed by atoms with Crippen molar-refractivity contribution in [2.24, 2.45) is 5.92 Å². The Kier molecular flexibility index (Phi) is 13.8. The molecular weight excluding hydrogens is 564 g/mol. The summed E-state index contributed by atoms with van der Waals surface area (Å²) in [5, 5.41) is 6.88. The molecule has 2 aliphatic heterocycles. The molecule has 10 heteroatoms. The van der Waals surface area contributed by atoms with Crippen molar-refractivity contribution in [2.75, 3.05) is 24.7 Å². The minimum Gasteiger partial charge on any atom is -0.447 e. The number of likely N-dealkylation sites (tertiary alicyclic amines) is 1. The van der Waals surface area contributed by atoms with Crippen LogP contribution in [0, 0.1) is 5.92 Å². The number of hydrogen-bond donors (Lipinski definition) is 2. The van der Waals surface area contributed by atoms with Crippen LogP contribution in [0.15, 0.2) is 30.3 Å². The van der Waals surface area contributed by atoms with Crippen molar-refractivity contribution in [3.05, 3.63) is 35.9 Å². The summed E-state index contributed by atoms with van der Waals surface area (Å²) in [7, 11) is 0. The Morgan fingerprint density at radius 3 is 2.45 bits per heavy atom. The van der Waals surface area contributed by atoms with E-state index in [1.54, 1.807) is 16.7 Å². The van der Waals surface area contributed by atoms with Gasteiger partial charge in [0.2, 0.25) is 5.91 Å². The molecule has 1 aliphatic carbocycles. The minimum atomic E-state index is -0.526. The molecule has 0 spiro atoms. The fourth-order valence-electron chi connectivity index (χ4n) is 5.90. The van der Waals surface area contributed by atoms with Gasteiger partial charge in [-0.05, 0) is 51.0 Å². The number of benzene rings is 1. The number of amides is 2. The maximum Gasteiger partial charge on any atom is 0.411 e. The fourth-order valence-corrected chi connectivity index (χ4v) is 7.39. The molecule has 3 fully saturated rings. The highest BCUT2D eigenvalue weighted by molar-refractivity contribution is 7.99. The van der Waals surface area contributed by atoms with Crippen molar-refractivity contribution >= 4 is 53.4 Å². The Hall–Kier alpha value is -1.55. The van der Waals surface area contributed by atoms with Gasteiger partial charge in [-0.15, -0.1) is 24.2 Å². The molecule has 40 heavy (non-hydrogen) atoms. The molecule has 1 saturated carbocycles. The molecule has 2 atom stereocenters. The highest BCUT2D eigenvalue weighted by atomic mass is 35.5. The zero-order valence-electron chi connectivity index (χ0n) is 24.0. The predicted molar refractivity (Wildman–Crippen MR) is 170 cm³/mol. The van der Waals surface area contributed by atoms with E-state index in [9.17, 15) is 9.59 Å². The number of nitrogens with zero attached hydrogens (tertiary/aromatic N) is 2. The van der Waals surface area contributed by atoms with Crippen LogP contribution in [0.3, 0.4) is 0 Å². The van der Waals surface area contributed by atoms with Crippen LogP contribution in [0.1, 0.15) is 77.2 Å². The van der Waals surface area contributed by atoms with Crippen LogP contribution in [0.4, 0.5) is 4.79 Å². The van der Waals surface area contributed by atoms with Gasteiger partial charge in [0.15, 0.2) is 0 Å². The lowest BCUT2D eigenvalue weighted by molar-refractivity contribution is -0.125. The number of thiocarbonyl (C=S) groups is 1. The zero-order chi connectivity index (χ0) is 27.6. The first-order valence-corrected chi connectivity index (χ1v) is 16.4. The number of carbonyl (C=O) groups is 2. The predicted octanol–water partition coefficient (Wildman–Crippen LogP) is 5.76. The number of piperidine rings is 1. The first-order chi connectivity index (χ1) is 18.9. The first-order valence-electron chi connectivity index (χ1n) is 14.8. The molecule has 2 heterocycles. The summed E-state index contributed by atoms with van der Waals surface area (Å²) >= 11 is 7.52. The third-order valence-electron chi connectivity index (χ3n) is 8.16. The van der Waals surface area contributed by atoms with Gasteiger partial charge in [-0.1, -0.05) is 74.7 Å². The van der Waals surface area contributed by atoms with E-state index in [-0.39, 0.29) is 30.5 Å². The molecule has 3 aliphatic rings. The van der Waals surface area contributed by atoms with Crippen molar-refractivity contribution in [2.45, 2.75) is 102 Å². The van der Waals surface area contributed by atoms with Gasteiger partial charge in [0.05, 0.1) is 23.0 Å². The third kappa shape index (κ3) is 10.1. The lowest BCUT2D eigenvalue weighted by atomic mass is 9.85. The second-order valence-corrected chi connectivity index (χ2v) is 13.0. The summed E-state index contributed by atoms with van der Waals surface area (Å²) in [6.07, 6.45) is 9.82. The molecule has 7 nitrogen and oxygen atoms in total. The van der Waals surface area contributed by atoms with E-state index in [4.69, 9.17) is 17.0 Å². The summed E-state index contributed by atoms with van der Waals surface area (Å²) < 4.78 is 5.39. The Morgan fingerprint density at radius 2 is 1.77 bits per heavy atom. The van der Waals surface area contributed by atoms with E-state index in [0.717, 1.165) is 50.3 Å². The molecule has 2 N–H and O–H groups in total. The Labute approximate surface area is 256 Å². The van der Waals surface area contributed by atoms with Gasteiger partial charge in [0.25, 0.3) is 0 Å². The van der Waals surface area contributed by atoms with Crippen LogP contribution in [-0.4, -0.2) is 75.7 Å². The second-order valence-electron chi connectivity index (χ2n) is 11.6. The van der Waals surface area contributed by atoms with Crippen LogP contribution in [0.25, 0.3) is 0 Å². The maximum atomic E-state index is 13.5. The molecule has 2 amide bonds. The van der Waals surface area contributed by atoms with Gasteiger partial charge in [-0.2, -0.15) is 0 Å². The number of carbonyl (C=O) groups excluding carboxylic acids is 2. The van der Waals surface area contributed by atoms with Crippen LogP contribution in [-0.2, 0) is 16.1 Å². The number of rotatable bonds is 10. The average Bonchev–Trinajstić information content (AvgIpc) is 3.43. The molecule has 0 bridgehead atoms. The van der Waals surface area contributed by atoms with Gasteiger partial charge >= 0.3 is 6.09 Å². The van der Waals surface area contributed by atoms with Gasteiger partial charge in [0, 0.05) is 31.4 Å². The van der Waals surface area contributed by atoms with E-state index in [0.29, 0.717) is 23.6 Å². The molecule has 0 radical (unpaired) electrons. The number of ether oxygens (including phenoxy) is 1. The van der Waals surface area contributed by atoms with Crippen molar-refractivity contribution in [3.63, 3.8) is 0 Å². The van der Waals surface area contributed by atoms with Crippen molar-refractivity contribution in [3.8, 4) is 0 Å². The summed E-state index contributed by atoms with van der Waals surface area (Å²) in [5.74, 6) is 1.63. The summed E-state index contributed by atoms with van der Waals surface area (Å²) in [4.78, 5) is 30.8. The molecule has 0 unspecified atom stereocenters. The summed E-state index contributed by atoms with van der Waals surface area (Å²) in [6, 6.07) is 10.2. The molecule has 0 aromatic heterocycles. The topological polar surface area (TPSA) is 73.9 Å². The van der Waals surface area contributed by atoms with E-state index in [1.807, 2.05) is 13.8 Å². The highest BCUT2D eigenvalue weighted by Gasteiger charge is 2.37. The lowest BCUT2D eigenvalue weighted by Gasteiger charge is -2.34. The Morgan fingerprint density at radius 1 is 1.07 bits per heavy atom. The third-order valence-corrected chi connectivity index (χ3v) is 9.57. The van der Waals surface area contributed by atoms with Gasteiger partial charge in [0.1, 0.15) is 6.04 Å². The normalized spacial score (nSPS) is 21.5. The lowest BCUT2D eigenvalue weighted by Crippen LogP contribution is -2.55. The van der Waals surface area contributed by atoms with E-state index < -0.39 is 12.1 Å². The maximum absolute atomic E-state index is 13.5. The largest absolute Gasteiger partial charge is 0.447 e. The molecule has 2 saturated heterocycles. The van der Waals surface area contributed by atoms with Crippen LogP contribution < -0.4 is 10.6 Å². The Bertz CT molecular complexity index is 940. The van der Waals surface area contributed by atoms with Crippen LogP contribution in [0.2, 0.25) is 0 Å². The number of thioether (sulfide) groups is 1. The van der Waals surface area contributed by atoms with Crippen molar-refractivity contribution in [1.82, 2.24) is 20.4 Å². The fraction of sp³-hybridized carbons (Fsp3) is 0.700. The SMILES string of the molecule is CC(C)OC(=O)N1CSC[C@H]1C(=O)N[C@H](CCC1CCCCC1)C(=S)NC1CCN(Cc2ccccc2)CC1.Cl. The van der Waals surface area contributed by atoms with Crippen molar-refractivity contribution in [1.29, 1.82) is 0 Å².